The van der Waals surface area contributed by atoms with Crippen molar-refractivity contribution in [1.29, 1.82) is 0 Å². The molecule has 0 radical (unpaired) electrons. The smallest absolute Gasteiger partial charge is 0.243 e. The van der Waals surface area contributed by atoms with Crippen LogP contribution in [-0.4, -0.2) is 8.42 Å². The first-order valence-electron chi connectivity index (χ1n) is 6.15. The SMILES string of the molecule is NCc1ccc(S(=O)(=O)NCc2ccccc2Cl)c(F)c1. The third kappa shape index (κ3) is 3.79. The van der Waals surface area contributed by atoms with Crippen LogP contribution in [0.3, 0.4) is 0 Å². The van der Waals surface area contributed by atoms with E-state index in [2.05, 4.69) is 4.72 Å². The molecule has 0 atom stereocenters. The first-order valence-corrected chi connectivity index (χ1v) is 8.01. The van der Waals surface area contributed by atoms with E-state index in [1.165, 1.54) is 12.1 Å². The summed E-state index contributed by atoms with van der Waals surface area (Å²) in [6, 6.07) is 10.6. The average molecular weight is 329 g/mol. The second-order valence-corrected chi connectivity index (χ2v) is 6.53. The van der Waals surface area contributed by atoms with Gasteiger partial charge in [-0.15, -0.1) is 0 Å². The van der Waals surface area contributed by atoms with Crippen molar-refractivity contribution in [1.82, 2.24) is 4.72 Å². The van der Waals surface area contributed by atoms with Crippen molar-refractivity contribution < 1.29 is 12.8 Å². The quantitative estimate of drug-likeness (QED) is 0.885. The van der Waals surface area contributed by atoms with Gasteiger partial charge in [0, 0.05) is 18.1 Å². The molecular formula is C14H14ClFN2O2S. The Morgan fingerprint density at radius 3 is 2.52 bits per heavy atom. The molecule has 21 heavy (non-hydrogen) atoms. The fourth-order valence-corrected chi connectivity index (χ4v) is 3.05. The van der Waals surface area contributed by atoms with Crippen LogP contribution in [0.2, 0.25) is 5.02 Å². The lowest BCUT2D eigenvalue weighted by Gasteiger charge is -2.09. The van der Waals surface area contributed by atoms with E-state index in [1.807, 2.05) is 0 Å². The van der Waals surface area contributed by atoms with Crippen LogP contribution in [0.15, 0.2) is 47.4 Å². The highest BCUT2D eigenvalue weighted by atomic mass is 35.5. The van der Waals surface area contributed by atoms with Gasteiger partial charge in [-0.3, -0.25) is 0 Å². The molecule has 0 aromatic heterocycles. The molecule has 0 heterocycles. The first-order chi connectivity index (χ1) is 9.94. The average Bonchev–Trinajstić information content (AvgIpc) is 2.46. The van der Waals surface area contributed by atoms with E-state index >= 15 is 0 Å². The Labute approximate surface area is 127 Å². The highest BCUT2D eigenvalue weighted by Gasteiger charge is 2.19. The Morgan fingerprint density at radius 2 is 1.90 bits per heavy atom. The van der Waals surface area contributed by atoms with Crippen molar-refractivity contribution in [3.8, 4) is 0 Å². The van der Waals surface area contributed by atoms with Crippen LogP contribution in [0.4, 0.5) is 4.39 Å². The number of hydrogen-bond acceptors (Lipinski definition) is 3. The summed E-state index contributed by atoms with van der Waals surface area (Å²) < 4.78 is 40.4. The van der Waals surface area contributed by atoms with Crippen molar-refractivity contribution in [2.24, 2.45) is 5.73 Å². The van der Waals surface area contributed by atoms with E-state index < -0.39 is 20.7 Å². The zero-order chi connectivity index (χ0) is 15.5. The van der Waals surface area contributed by atoms with E-state index in [4.69, 9.17) is 17.3 Å². The molecule has 0 unspecified atom stereocenters. The second-order valence-electron chi connectivity index (χ2n) is 4.38. The van der Waals surface area contributed by atoms with Crippen LogP contribution < -0.4 is 10.5 Å². The summed E-state index contributed by atoms with van der Waals surface area (Å²) >= 11 is 5.95. The molecular weight excluding hydrogens is 315 g/mol. The molecule has 0 aliphatic rings. The molecule has 2 aromatic carbocycles. The monoisotopic (exact) mass is 328 g/mol. The van der Waals surface area contributed by atoms with Crippen molar-refractivity contribution >= 4 is 21.6 Å². The number of rotatable bonds is 5. The zero-order valence-electron chi connectivity index (χ0n) is 11.0. The Balaban J connectivity index is 2.21. The van der Waals surface area contributed by atoms with Crippen LogP contribution in [0, 0.1) is 5.82 Å². The molecule has 0 saturated heterocycles. The Hall–Kier alpha value is -1.47. The number of nitrogens with two attached hydrogens (primary N) is 1. The molecule has 0 fully saturated rings. The molecule has 0 bridgehead atoms. The molecule has 4 nitrogen and oxygen atoms in total. The predicted octanol–water partition coefficient (Wildman–Crippen LogP) is 2.42. The molecule has 0 aliphatic carbocycles. The van der Waals surface area contributed by atoms with Crippen LogP contribution in [0.5, 0.6) is 0 Å². The lowest BCUT2D eigenvalue weighted by molar-refractivity contribution is 0.556. The van der Waals surface area contributed by atoms with Gasteiger partial charge < -0.3 is 5.73 Å². The number of halogens is 2. The van der Waals surface area contributed by atoms with Gasteiger partial charge in [0.2, 0.25) is 10.0 Å². The Kier molecular flexibility index (Phi) is 4.95. The summed E-state index contributed by atoms with van der Waals surface area (Å²) in [5, 5.41) is 0.444. The fourth-order valence-electron chi connectivity index (χ4n) is 1.78. The van der Waals surface area contributed by atoms with Gasteiger partial charge in [0.05, 0.1) is 0 Å². The Bertz CT molecular complexity index is 750. The summed E-state index contributed by atoms with van der Waals surface area (Å²) in [6.07, 6.45) is 0. The summed E-state index contributed by atoms with van der Waals surface area (Å²) in [6.45, 7) is 0.129. The minimum absolute atomic E-state index is 0.0138. The standard InChI is InChI=1S/C14H14ClFN2O2S/c15-12-4-2-1-3-11(12)9-18-21(19,20)14-6-5-10(8-17)7-13(14)16/h1-7,18H,8-9,17H2. The summed E-state index contributed by atoms with van der Waals surface area (Å²) in [5.74, 6) is -0.829. The number of sulfonamides is 1. The van der Waals surface area contributed by atoms with Gasteiger partial charge in [0.1, 0.15) is 10.7 Å². The maximum absolute atomic E-state index is 13.8. The van der Waals surface area contributed by atoms with Crippen LogP contribution >= 0.6 is 11.6 Å². The normalized spacial score (nSPS) is 11.6. The largest absolute Gasteiger partial charge is 0.326 e. The fraction of sp³-hybridized carbons (Fsp3) is 0.143. The molecule has 2 aromatic rings. The van der Waals surface area contributed by atoms with Crippen LogP contribution in [0.25, 0.3) is 0 Å². The van der Waals surface area contributed by atoms with E-state index in [9.17, 15) is 12.8 Å². The van der Waals surface area contributed by atoms with E-state index in [1.54, 1.807) is 24.3 Å². The third-order valence-electron chi connectivity index (χ3n) is 2.93. The van der Waals surface area contributed by atoms with E-state index in [0.717, 1.165) is 6.07 Å². The number of benzene rings is 2. The topological polar surface area (TPSA) is 72.2 Å². The zero-order valence-corrected chi connectivity index (χ0v) is 12.6. The highest BCUT2D eigenvalue weighted by molar-refractivity contribution is 7.89. The molecule has 0 spiro atoms. The number of hydrogen-bond donors (Lipinski definition) is 2. The van der Waals surface area contributed by atoms with Gasteiger partial charge in [0.25, 0.3) is 0 Å². The summed E-state index contributed by atoms with van der Waals surface area (Å²) in [5.41, 5.74) is 6.52. The van der Waals surface area contributed by atoms with Gasteiger partial charge in [-0.05, 0) is 29.3 Å². The van der Waals surface area contributed by atoms with Gasteiger partial charge in [-0.2, -0.15) is 0 Å². The van der Waals surface area contributed by atoms with Gasteiger partial charge in [-0.25, -0.2) is 17.5 Å². The third-order valence-corrected chi connectivity index (χ3v) is 4.74. The number of nitrogens with one attached hydrogen (secondary N) is 1. The van der Waals surface area contributed by atoms with Crippen molar-refractivity contribution in [3.63, 3.8) is 0 Å². The predicted molar refractivity (Wildman–Crippen MR) is 79.8 cm³/mol. The molecule has 0 aliphatic heterocycles. The minimum Gasteiger partial charge on any atom is -0.326 e. The lowest BCUT2D eigenvalue weighted by atomic mass is 10.2. The van der Waals surface area contributed by atoms with Gasteiger partial charge in [-0.1, -0.05) is 35.9 Å². The van der Waals surface area contributed by atoms with Crippen LogP contribution in [-0.2, 0) is 23.1 Å². The summed E-state index contributed by atoms with van der Waals surface area (Å²) in [4.78, 5) is -0.410. The van der Waals surface area contributed by atoms with Gasteiger partial charge in [0.15, 0.2) is 0 Å². The summed E-state index contributed by atoms with van der Waals surface area (Å²) in [7, 11) is -3.96. The van der Waals surface area contributed by atoms with Crippen molar-refractivity contribution in [3.05, 3.63) is 64.4 Å². The first kappa shape index (κ1) is 15.9. The van der Waals surface area contributed by atoms with Crippen molar-refractivity contribution in [2.45, 2.75) is 18.0 Å². The van der Waals surface area contributed by atoms with E-state index in [0.29, 0.717) is 16.1 Å². The van der Waals surface area contributed by atoms with E-state index in [-0.39, 0.29) is 13.1 Å². The molecule has 0 amide bonds. The molecule has 0 saturated carbocycles. The second kappa shape index (κ2) is 6.53. The van der Waals surface area contributed by atoms with Gasteiger partial charge >= 0.3 is 0 Å². The van der Waals surface area contributed by atoms with Crippen molar-refractivity contribution in [2.75, 3.05) is 0 Å². The molecule has 112 valence electrons. The lowest BCUT2D eigenvalue weighted by Crippen LogP contribution is -2.24. The molecule has 7 heteroatoms. The minimum atomic E-state index is -3.96. The maximum atomic E-state index is 13.8. The maximum Gasteiger partial charge on any atom is 0.243 e. The van der Waals surface area contributed by atoms with Crippen LogP contribution in [0.1, 0.15) is 11.1 Å². The Morgan fingerprint density at radius 1 is 1.19 bits per heavy atom. The molecule has 2 rings (SSSR count). The molecule has 3 N–H and O–H groups in total. The highest BCUT2D eigenvalue weighted by Crippen LogP contribution is 2.18.